The molecular weight excluding hydrogens is 281 g/mol. The standard InChI is InChI=1S/C10H7Cl2N3OS/c11-7-1-2-8(12)15-9(7)10(16)13-3-6-4-17-5-14-6/h1-2,4-5H,3H2,(H,13,16). The molecule has 0 saturated heterocycles. The maximum absolute atomic E-state index is 11.8. The predicted molar refractivity (Wildman–Crippen MR) is 67.5 cm³/mol. The molecule has 0 aliphatic carbocycles. The number of nitrogens with one attached hydrogen (secondary N) is 1. The van der Waals surface area contributed by atoms with Crippen LogP contribution in [-0.4, -0.2) is 15.9 Å². The van der Waals surface area contributed by atoms with Crippen LogP contribution >= 0.6 is 34.5 Å². The lowest BCUT2D eigenvalue weighted by Gasteiger charge is -2.04. The van der Waals surface area contributed by atoms with E-state index in [4.69, 9.17) is 23.2 Å². The van der Waals surface area contributed by atoms with Crippen molar-refractivity contribution in [2.24, 2.45) is 0 Å². The van der Waals surface area contributed by atoms with Crippen molar-refractivity contribution in [2.45, 2.75) is 6.54 Å². The first kappa shape index (κ1) is 12.3. The molecule has 7 heteroatoms. The molecule has 4 nitrogen and oxygen atoms in total. The van der Waals surface area contributed by atoms with Crippen LogP contribution < -0.4 is 5.32 Å². The van der Waals surface area contributed by atoms with Gasteiger partial charge in [-0.25, -0.2) is 9.97 Å². The van der Waals surface area contributed by atoms with Crippen LogP contribution in [0.25, 0.3) is 0 Å². The van der Waals surface area contributed by atoms with Gasteiger partial charge in [-0.1, -0.05) is 23.2 Å². The van der Waals surface area contributed by atoms with Crippen LogP contribution in [0.1, 0.15) is 16.2 Å². The second kappa shape index (κ2) is 5.44. The third kappa shape index (κ3) is 3.15. The highest BCUT2D eigenvalue weighted by molar-refractivity contribution is 7.07. The third-order valence-corrected chi connectivity index (χ3v) is 3.09. The normalized spacial score (nSPS) is 10.2. The Balaban J connectivity index is 2.07. The highest BCUT2D eigenvalue weighted by Gasteiger charge is 2.12. The monoisotopic (exact) mass is 287 g/mol. The number of carbonyl (C=O) groups excluding carboxylic acids is 1. The number of amides is 1. The first-order valence-electron chi connectivity index (χ1n) is 4.64. The Labute approximate surface area is 112 Å². The van der Waals surface area contributed by atoms with Crippen molar-refractivity contribution < 1.29 is 4.79 Å². The molecule has 2 rings (SSSR count). The minimum Gasteiger partial charge on any atom is -0.345 e. The summed E-state index contributed by atoms with van der Waals surface area (Å²) >= 11 is 13.0. The molecule has 2 heterocycles. The molecule has 2 aromatic heterocycles. The zero-order valence-corrected chi connectivity index (χ0v) is 10.8. The molecule has 0 bridgehead atoms. The lowest BCUT2D eigenvalue weighted by Crippen LogP contribution is -2.24. The number of nitrogens with zero attached hydrogens (tertiary/aromatic N) is 2. The summed E-state index contributed by atoms with van der Waals surface area (Å²) in [6.07, 6.45) is 0. The van der Waals surface area contributed by atoms with E-state index in [1.54, 1.807) is 5.51 Å². The summed E-state index contributed by atoms with van der Waals surface area (Å²) in [6, 6.07) is 3.07. The Morgan fingerprint density at radius 2 is 2.24 bits per heavy atom. The lowest BCUT2D eigenvalue weighted by molar-refractivity contribution is 0.0945. The average Bonchev–Trinajstić information content (AvgIpc) is 2.82. The smallest absolute Gasteiger partial charge is 0.271 e. The maximum atomic E-state index is 11.8. The topological polar surface area (TPSA) is 54.9 Å². The van der Waals surface area contributed by atoms with E-state index in [0.29, 0.717) is 6.54 Å². The number of rotatable bonds is 3. The SMILES string of the molecule is O=C(NCc1cscn1)c1nc(Cl)ccc1Cl. The molecule has 17 heavy (non-hydrogen) atoms. The largest absolute Gasteiger partial charge is 0.345 e. The molecule has 0 aromatic carbocycles. The van der Waals surface area contributed by atoms with E-state index in [2.05, 4.69) is 15.3 Å². The Bertz CT molecular complexity index is 530. The van der Waals surface area contributed by atoms with Crippen LogP contribution in [0.3, 0.4) is 0 Å². The lowest BCUT2D eigenvalue weighted by atomic mass is 10.3. The fourth-order valence-corrected chi connectivity index (χ4v) is 2.05. The second-order valence-electron chi connectivity index (χ2n) is 3.13. The zero-order chi connectivity index (χ0) is 12.3. The number of pyridine rings is 1. The van der Waals surface area contributed by atoms with Crippen molar-refractivity contribution in [2.75, 3.05) is 0 Å². The molecule has 88 valence electrons. The van der Waals surface area contributed by atoms with Gasteiger partial charge < -0.3 is 5.32 Å². The summed E-state index contributed by atoms with van der Waals surface area (Å²) in [5.74, 6) is -0.370. The molecule has 0 unspecified atom stereocenters. The molecule has 0 aliphatic rings. The summed E-state index contributed by atoms with van der Waals surface area (Å²) in [5.41, 5.74) is 2.61. The quantitative estimate of drug-likeness (QED) is 0.884. The summed E-state index contributed by atoms with van der Waals surface area (Å²) in [6.45, 7) is 0.340. The van der Waals surface area contributed by atoms with Crippen LogP contribution in [0.2, 0.25) is 10.2 Å². The van der Waals surface area contributed by atoms with E-state index < -0.39 is 0 Å². The Morgan fingerprint density at radius 1 is 1.41 bits per heavy atom. The van der Waals surface area contributed by atoms with Crippen molar-refractivity contribution in [1.82, 2.24) is 15.3 Å². The van der Waals surface area contributed by atoms with Gasteiger partial charge in [0, 0.05) is 5.38 Å². The van der Waals surface area contributed by atoms with Crippen molar-refractivity contribution >= 4 is 40.4 Å². The summed E-state index contributed by atoms with van der Waals surface area (Å²) < 4.78 is 0. The highest BCUT2D eigenvalue weighted by Crippen LogP contribution is 2.16. The van der Waals surface area contributed by atoms with Gasteiger partial charge in [0.05, 0.1) is 22.8 Å². The third-order valence-electron chi connectivity index (χ3n) is 1.94. The molecule has 1 amide bonds. The van der Waals surface area contributed by atoms with Gasteiger partial charge in [-0.2, -0.15) is 0 Å². The molecule has 0 fully saturated rings. The van der Waals surface area contributed by atoms with Crippen molar-refractivity contribution in [1.29, 1.82) is 0 Å². The van der Waals surface area contributed by atoms with Gasteiger partial charge in [-0.3, -0.25) is 4.79 Å². The molecule has 0 atom stereocenters. The number of carbonyl (C=O) groups is 1. The minimum atomic E-state index is -0.370. The molecule has 0 aliphatic heterocycles. The maximum Gasteiger partial charge on any atom is 0.271 e. The molecule has 2 aromatic rings. The van der Waals surface area contributed by atoms with Gasteiger partial charge in [-0.05, 0) is 12.1 Å². The zero-order valence-electron chi connectivity index (χ0n) is 8.48. The van der Waals surface area contributed by atoms with Crippen molar-refractivity contribution in [3.63, 3.8) is 0 Å². The second-order valence-corrected chi connectivity index (χ2v) is 4.64. The van der Waals surface area contributed by atoms with E-state index in [1.807, 2.05) is 5.38 Å². The molecular formula is C10H7Cl2N3OS. The number of halogens is 2. The summed E-state index contributed by atoms with van der Waals surface area (Å²) in [4.78, 5) is 19.7. The van der Waals surface area contributed by atoms with Crippen molar-refractivity contribution in [3.05, 3.63) is 44.6 Å². The van der Waals surface area contributed by atoms with E-state index in [-0.39, 0.29) is 21.8 Å². The van der Waals surface area contributed by atoms with Gasteiger partial charge in [0.25, 0.3) is 5.91 Å². The van der Waals surface area contributed by atoms with Gasteiger partial charge >= 0.3 is 0 Å². The molecule has 0 saturated carbocycles. The van der Waals surface area contributed by atoms with Gasteiger partial charge in [0.2, 0.25) is 0 Å². The van der Waals surface area contributed by atoms with Crippen LogP contribution in [-0.2, 0) is 6.54 Å². The number of thiazole rings is 1. The summed E-state index contributed by atoms with van der Waals surface area (Å²) in [5, 5.41) is 5.02. The molecule has 0 radical (unpaired) electrons. The van der Waals surface area contributed by atoms with Crippen molar-refractivity contribution in [3.8, 4) is 0 Å². The minimum absolute atomic E-state index is 0.120. The van der Waals surface area contributed by atoms with Crippen LogP contribution in [0, 0.1) is 0 Å². The molecule has 0 spiro atoms. The predicted octanol–water partition coefficient (Wildman–Crippen LogP) is 2.77. The Morgan fingerprint density at radius 3 is 2.94 bits per heavy atom. The van der Waals surface area contributed by atoms with E-state index in [0.717, 1.165) is 5.69 Å². The average molecular weight is 288 g/mol. The Kier molecular flexibility index (Phi) is 3.93. The van der Waals surface area contributed by atoms with Gasteiger partial charge in [0.15, 0.2) is 0 Å². The van der Waals surface area contributed by atoms with Gasteiger partial charge in [-0.15, -0.1) is 11.3 Å². The summed E-state index contributed by atoms with van der Waals surface area (Å²) in [7, 11) is 0. The Hall–Kier alpha value is -1.17. The highest BCUT2D eigenvalue weighted by atomic mass is 35.5. The van der Waals surface area contributed by atoms with Crippen LogP contribution in [0.15, 0.2) is 23.0 Å². The van der Waals surface area contributed by atoms with Crippen LogP contribution in [0.4, 0.5) is 0 Å². The van der Waals surface area contributed by atoms with E-state index in [9.17, 15) is 4.79 Å². The first-order valence-corrected chi connectivity index (χ1v) is 6.34. The number of hydrogen-bond donors (Lipinski definition) is 1. The molecule has 1 N–H and O–H groups in total. The fraction of sp³-hybridized carbons (Fsp3) is 0.100. The fourth-order valence-electron chi connectivity index (χ4n) is 1.16. The van der Waals surface area contributed by atoms with E-state index in [1.165, 1.54) is 23.5 Å². The van der Waals surface area contributed by atoms with Crippen LogP contribution in [0.5, 0.6) is 0 Å². The van der Waals surface area contributed by atoms with E-state index >= 15 is 0 Å². The number of hydrogen-bond acceptors (Lipinski definition) is 4. The van der Waals surface area contributed by atoms with Gasteiger partial charge in [0.1, 0.15) is 10.8 Å². The number of aromatic nitrogens is 2. The first-order chi connectivity index (χ1) is 8.16.